The minimum atomic E-state index is 0.00521. The molecule has 0 bridgehead atoms. The van der Waals surface area contributed by atoms with Crippen LogP contribution in [0.3, 0.4) is 0 Å². The number of benzene rings is 1. The minimum Gasteiger partial charge on any atom is -0.494 e. The SMILES string of the molecule is CCOc1ccc(Cl)cc1CCNC(=O)[C@H]1CCn2ccnc2C1. The van der Waals surface area contributed by atoms with Crippen LogP contribution in [0.5, 0.6) is 5.75 Å². The summed E-state index contributed by atoms with van der Waals surface area (Å²) in [4.78, 5) is 16.7. The molecule has 1 aliphatic heterocycles. The predicted molar refractivity (Wildman–Crippen MR) is 93.4 cm³/mol. The molecule has 0 saturated carbocycles. The number of carbonyl (C=O) groups excluding carboxylic acids is 1. The molecule has 24 heavy (non-hydrogen) atoms. The smallest absolute Gasteiger partial charge is 0.223 e. The van der Waals surface area contributed by atoms with Crippen LogP contribution in [0.1, 0.15) is 24.7 Å². The van der Waals surface area contributed by atoms with Crippen molar-refractivity contribution in [2.24, 2.45) is 5.92 Å². The van der Waals surface area contributed by atoms with E-state index < -0.39 is 0 Å². The highest BCUT2D eigenvalue weighted by molar-refractivity contribution is 6.30. The molecule has 0 unspecified atom stereocenters. The van der Waals surface area contributed by atoms with Crippen molar-refractivity contribution in [2.45, 2.75) is 32.7 Å². The molecule has 1 aromatic heterocycles. The summed E-state index contributed by atoms with van der Waals surface area (Å²) in [5, 5.41) is 3.72. The van der Waals surface area contributed by atoms with Gasteiger partial charge in [-0.3, -0.25) is 4.79 Å². The van der Waals surface area contributed by atoms with E-state index in [1.54, 1.807) is 6.20 Å². The van der Waals surface area contributed by atoms with Crippen LogP contribution in [0.25, 0.3) is 0 Å². The molecule has 1 N–H and O–H groups in total. The highest BCUT2D eigenvalue weighted by Crippen LogP contribution is 2.23. The first-order valence-corrected chi connectivity index (χ1v) is 8.74. The Morgan fingerprint density at radius 1 is 1.50 bits per heavy atom. The summed E-state index contributed by atoms with van der Waals surface area (Å²) in [6, 6.07) is 5.60. The van der Waals surface area contributed by atoms with Crippen molar-refractivity contribution in [3.8, 4) is 5.75 Å². The van der Waals surface area contributed by atoms with Crippen molar-refractivity contribution < 1.29 is 9.53 Å². The second kappa shape index (κ2) is 7.71. The highest BCUT2D eigenvalue weighted by atomic mass is 35.5. The van der Waals surface area contributed by atoms with Gasteiger partial charge in [-0.15, -0.1) is 0 Å². The van der Waals surface area contributed by atoms with Gasteiger partial charge in [0.05, 0.1) is 6.61 Å². The summed E-state index contributed by atoms with van der Waals surface area (Å²) in [6.07, 6.45) is 6.03. The zero-order valence-corrected chi connectivity index (χ0v) is 14.6. The Hall–Kier alpha value is -2.01. The topological polar surface area (TPSA) is 56.1 Å². The molecule has 0 radical (unpaired) electrons. The summed E-state index contributed by atoms with van der Waals surface area (Å²) in [5.41, 5.74) is 1.02. The lowest BCUT2D eigenvalue weighted by molar-refractivity contribution is -0.125. The fourth-order valence-electron chi connectivity index (χ4n) is 3.08. The van der Waals surface area contributed by atoms with Crippen molar-refractivity contribution in [1.82, 2.24) is 14.9 Å². The Labute approximate surface area is 147 Å². The van der Waals surface area contributed by atoms with Crippen LogP contribution in [0.4, 0.5) is 0 Å². The number of nitrogens with one attached hydrogen (secondary N) is 1. The van der Waals surface area contributed by atoms with Crippen LogP contribution in [0, 0.1) is 5.92 Å². The van der Waals surface area contributed by atoms with Gasteiger partial charge in [-0.2, -0.15) is 0 Å². The fourth-order valence-corrected chi connectivity index (χ4v) is 3.27. The third-order valence-corrected chi connectivity index (χ3v) is 4.57. The van der Waals surface area contributed by atoms with Gasteiger partial charge < -0.3 is 14.6 Å². The third-order valence-electron chi connectivity index (χ3n) is 4.34. The zero-order valence-electron chi connectivity index (χ0n) is 13.8. The maximum absolute atomic E-state index is 12.4. The van der Waals surface area contributed by atoms with Crippen LogP contribution >= 0.6 is 11.6 Å². The van der Waals surface area contributed by atoms with Crippen LogP contribution < -0.4 is 10.1 Å². The normalized spacial score (nSPS) is 16.5. The summed E-state index contributed by atoms with van der Waals surface area (Å²) < 4.78 is 7.73. The molecule has 1 aromatic carbocycles. The number of aromatic nitrogens is 2. The summed E-state index contributed by atoms with van der Waals surface area (Å²) in [5.74, 6) is 1.93. The van der Waals surface area contributed by atoms with Crippen LogP contribution in [-0.4, -0.2) is 28.6 Å². The molecule has 3 rings (SSSR count). The number of rotatable bonds is 6. The van der Waals surface area contributed by atoms with Gasteiger partial charge in [-0.25, -0.2) is 4.98 Å². The molecule has 5 nitrogen and oxygen atoms in total. The molecular weight excluding hydrogens is 326 g/mol. The van der Waals surface area contributed by atoms with Crippen LogP contribution in [0.15, 0.2) is 30.6 Å². The van der Waals surface area contributed by atoms with Gasteiger partial charge in [0.25, 0.3) is 0 Å². The van der Waals surface area contributed by atoms with E-state index in [4.69, 9.17) is 16.3 Å². The van der Waals surface area contributed by atoms with Crippen molar-refractivity contribution in [1.29, 1.82) is 0 Å². The molecule has 1 amide bonds. The molecule has 1 aliphatic rings. The van der Waals surface area contributed by atoms with E-state index in [1.165, 1.54) is 0 Å². The van der Waals surface area contributed by atoms with E-state index in [9.17, 15) is 4.79 Å². The second-order valence-corrected chi connectivity index (χ2v) is 6.39. The lowest BCUT2D eigenvalue weighted by Gasteiger charge is -2.22. The largest absolute Gasteiger partial charge is 0.494 e. The van der Waals surface area contributed by atoms with Crippen LogP contribution in [0.2, 0.25) is 5.02 Å². The molecular formula is C18H22ClN3O2. The molecule has 1 atom stereocenters. The lowest BCUT2D eigenvalue weighted by Crippen LogP contribution is -2.36. The Bertz CT molecular complexity index is 714. The standard InChI is InChI=1S/C18H22ClN3O2/c1-2-24-16-4-3-15(19)11-13(16)5-7-21-18(23)14-6-9-22-10-8-20-17(22)12-14/h3-4,8,10-11,14H,2,5-7,9,12H2,1H3,(H,21,23)/t14-/m0/s1. The average Bonchev–Trinajstić information content (AvgIpc) is 3.05. The maximum atomic E-state index is 12.4. The van der Waals surface area contributed by atoms with Crippen molar-refractivity contribution >= 4 is 17.5 Å². The summed E-state index contributed by atoms with van der Waals surface area (Å²) >= 11 is 6.07. The molecule has 2 aromatic rings. The van der Waals surface area contributed by atoms with E-state index in [1.807, 2.05) is 31.3 Å². The van der Waals surface area contributed by atoms with Crippen LogP contribution in [-0.2, 0) is 24.2 Å². The first-order valence-electron chi connectivity index (χ1n) is 8.36. The average molecular weight is 348 g/mol. The number of nitrogens with zero attached hydrogens (tertiary/aromatic N) is 2. The second-order valence-electron chi connectivity index (χ2n) is 5.95. The maximum Gasteiger partial charge on any atom is 0.223 e. The highest BCUT2D eigenvalue weighted by Gasteiger charge is 2.24. The first kappa shape index (κ1) is 16.8. The first-order chi connectivity index (χ1) is 11.7. The minimum absolute atomic E-state index is 0.00521. The molecule has 2 heterocycles. The molecule has 0 saturated heterocycles. The number of fused-ring (bicyclic) bond motifs is 1. The summed E-state index contributed by atoms with van der Waals surface area (Å²) in [7, 11) is 0. The number of imidazole rings is 1. The summed E-state index contributed by atoms with van der Waals surface area (Å²) in [6.45, 7) is 3.99. The van der Waals surface area contributed by atoms with E-state index in [0.29, 0.717) is 31.0 Å². The van der Waals surface area contributed by atoms with Crippen molar-refractivity contribution in [3.63, 3.8) is 0 Å². The number of ether oxygens (including phenoxy) is 1. The number of hydrogen-bond donors (Lipinski definition) is 1. The van der Waals surface area contributed by atoms with E-state index in [-0.39, 0.29) is 11.8 Å². The molecule has 0 aliphatic carbocycles. The molecule has 128 valence electrons. The Morgan fingerprint density at radius 3 is 3.21 bits per heavy atom. The molecule has 0 spiro atoms. The van der Waals surface area contributed by atoms with Gasteiger partial charge in [0.2, 0.25) is 5.91 Å². The Kier molecular flexibility index (Phi) is 5.41. The molecule has 0 fully saturated rings. The van der Waals surface area contributed by atoms with Gasteiger partial charge in [-0.05, 0) is 43.5 Å². The van der Waals surface area contributed by atoms with Gasteiger partial charge in [0.15, 0.2) is 0 Å². The van der Waals surface area contributed by atoms with Gasteiger partial charge >= 0.3 is 0 Å². The number of carbonyl (C=O) groups is 1. The van der Waals surface area contributed by atoms with E-state index >= 15 is 0 Å². The zero-order chi connectivity index (χ0) is 16.9. The third kappa shape index (κ3) is 3.90. The number of aryl methyl sites for hydroxylation is 1. The molecule has 6 heteroatoms. The van der Waals surface area contributed by atoms with Gasteiger partial charge in [-0.1, -0.05) is 11.6 Å². The van der Waals surface area contributed by atoms with Crippen molar-refractivity contribution in [3.05, 3.63) is 47.0 Å². The number of amides is 1. The Balaban J connectivity index is 1.53. The van der Waals surface area contributed by atoms with Crippen molar-refractivity contribution in [2.75, 3.05) is 13.2 Å². The monoisotopic (exact) mass is 347 g/mol. The quantitative estimate of drug-likeness (QED) is 0.874. The van der Waals surface area contributed by atoms with E-state index in [2.05, 4.69) is 14.9 Å². The fraction of sp³-hybridized carbons (Fsp3) is 0.444. The van der Waals surface area contributed by atoms with Gasteiger partial charge in [0, 0.05) is 42.8 Å². The van der Waals surface area contributed by atoms with Gasteiger partial charge in [0.1, 0.15) is 11.6 Å². The number of hydrogen-bond acceptors (Lipinski definition) is 3. The van der Waals surface area contributed by atoms with E-state index in [0.717, 1.165) is 30.1 Å². The Morgan fingerprint density at radius 2 is 2.38 bits per heavy atom. The number of halogens is 1. The predicted octanol–water partition coefficient (Wildman–Crippen LogP) is 2.86. The lowest BCUT2D eigenvalue weighted by atomic mass is 9.97.